The fourth-order valence-corrected chi connectivity index (χ4v) is 4.39. The van der Waals surface area contributed by atoms with Gasteiger partial charge in [-0.15, -0.1) is 16.3 Å². The Morgan fingerprint density at radius 3 is 2.69 bits per heavy atom. The molecule has 0 bridgehead atoms. The Labute approximate surface area is 174 Å². The van der Waals surface area contributed by atoms with Gasteiger partial charge in [0, 0.05) is 18.0 Å². The highest BCUT2D eigenvalue weighted by atomic mass is 32.1. The van der Waals surface area contributed by atoms with E-state index in [1.165, 1.54) is 0 Å². The molecule has 1 aromatic carbocycles. The molecule has 1 atom stereocenters. The lowest BCUT2D eigenvalue weighted by Gasteiger charge is -2.27. The van der Waals surface area contributed by atoms with Crippen molar-refractivity contribution in [2.45, 2.75) is 25.3 Å². The molecule has 29 heavy (non-hydrogen) atoms. The number of anilines is 1. The van der Waals surface area contributed by atoms with Crippen molar-refractivity contribution in [1.82, 2.24) is 10.3 Å². The van der Waals surface area contributed by atoms with Crippen LogP contribution in [0.25, 0.3) is 0 Å². The number of hydrogen-bond acceptors (Lipinski definition) is 6. The van der Waals surface area contributed by atoms with Crippen molar-refractivity contribution in [3.63, 3.8) is 0 Å². The molecule has 0 saturated carbocycles. The minimum absolute atomic E-state index is 0.320. The molecule has 7 nitrogen and oxygen atoms in total. The average molecular weight is 413 g/mol. The number of hydrazone groups is 1. The monoisotopic (exact) mass is 412 g/mol. The summed E-state index contributed by atoms with van der Waals surface area (Å²) < 4.78 is 5.38. The van der Waals surface area contributed by atoms with Gasteiger partial charge in [0.2, 0.25) is 0 Å². The van der Waals surface area contributed by atoms with Gasteiger partial charge in [0.25, 0.3) is 5.91 Å². The zero-order chi connectivity index (χ0) is 20.3. The topological polar surface area (TPSA) is 74.2 Å². The first kappa shape index (κ1) is 19.6. The standard InChI is InChI=1S/C21H24N4O3S/c1-21(10-9-16-5-3-2-4-6-16)19(26)25(20(27)23-21)22-15-17-7-8-18(29-17)24-11-13-28-14-12-24/h2-8,15H,9-14H2,1H3,(H,23,27)/b22-15-/t21-/m1/s1. The zero-order valence-corrected chi connectivity index (χ0v) is 17.2. The maximum absolute atomic E-state index is 12.8. The van der Waals surface area contributed by atoms with E-state index in [1.54, 1.807) is 24.5 Å². The van der Waals surface area contributed by atoms with Crippen LogP contribution < -0.4 is 10.2 Å². The smallest absolute Gasteiger partial charge is 0.346 e. The number of urea groups is 1. The molecule has 3 amide bonds. The second kappa shape index (κ2) is 8.34. The first-order chi connectivity index (χ1) is 14.0. The summed E-state index contributed by atoms with van der Waals surface area (Å²) >= 11 is 1.58. The second-order valence-electron chi connectivity index (χ2n) is 7.38. The van der Waals surface area contributed by atoms with Crippen LogP contribution in [0, 0.1) is 0 Å². The summed E-state index contributed by atoms with van der Waals surface area (Å²) in [6.45, 7) is 4.94. The normalized spacial score (nSPS) is 22.5. The fraction of sp³-hybridized carbons (Fsp3) is 0.381. The summed E-state index contributed by atoms with van der Waals surface area (Å²) in [7, 11) is 0. The highest BCUT2D eigenvalue weighted by Gasteiger charge is 2.47. The molecule has 152 valence electrons. The summed E-state index contributed by atoms with van der Waals surface area (Å²) in [6, 6.07) is 13.4. The molecule has 0 aliphatic carbocycles. The third kappa shape index (κ3) is 4.33. The van der Waals surface area contributed by atoms with Gasteiger partial charge in [-0.3, -0.25) is 4.79 Å². The zero-order valence-electron chi connectivity index (χ0n) is 16.3. The van der Waals surface area contributed by atoms with Crippen LogP contribution >= 0.6 is 11.3 Å². The van der Waals surface area contributed by atoms with Crippen molar-refractivity contribution < 1.29 is 14.3 Å². The molecule has 4 rings (SSSR count). The van der Waals surface area contributed by atoms with Crippen LogP contribution in [0.2, 0.25) is 0 Å². The maximum atomic E-state index is 12.8. The van der Waals surface area contributed by atoms with Gasteiger partial charge in [0.1, 0.15) is 5.54 Å². The number of aryl methyl sites for hydroxylation is 1. The molecule has 2 aliphatic heterocycles. The van der Waals surface area contributed by atoms with Crippen LogP contribution in [0.5, 0.6) is 0 Å². The van der Waals surface area contributed by atoms with E-state index < -0.39 is 11.6 Å². The quantitative estimate of drug-likeness (QED) is 0.585. The number of nitrogens with zero attached hydrogens (tertiary/aromatic N) is 3. The molecule has 1 aromatic heterocycles. The molecular formula is C21H24N4O3S. The average Bonchev–Trinajstić information content (AvgIpc) is 3.30. The van der Waals surface area contributed by atoms with Crippen LogP contribution in [0.4, 0.5) is 9.80 Å². The molecule has 0 unspecified atom stereocenters. The van der Waals surface area contributed by atoms with Crippen LogP contribution in [-0.4, -0.2) is 55.0 Å². The minimum atomic E-state index is -0.946. The van der Waals surface area contributed by atoms with E-state index >= 15 is 0 Å². The van der Waals surface area contributed by atoms with Gasteiger partial charge in [0.05, 0.1) is 24.4 Å². The highest BCUT2D eigenvalue weighted by molar-refractivity contribution is 7.17. The molecule has 0 radical (unpaired) electrons. The second-order valence-corrected chi connectivity index (χ2v) is 8.48. The number of benzene rings is 1. The number of rotatable bonds is 6. The number of nitrogens with one attached hydrogen (secondary N) is 1. The molecular weight excluding hydrogens is 388 g/mol. The number of thiophene rings is 1. The van der Waals surface area contributed by atoms with Gasteiger partial charge in [-0.05, 0) is 37.5 Å². The van der Waals surface area contributed by atoms with Gasteiger partial charge in [-0.2, -0.15) is 5.10 Å². The number of carbonyl (C=O) groups is 2. The van der Waals surface area contributed by atoms with Crippen LogP contribution in [0.1, 0.15) is 23.8 Å². The molecule has 2 saturated heterocycles. The largest absolute Gasteiger partial charge is 0.378 e. The summed E-state index contributed by atoms with van der Waals surface area (Å²) in [5.74, 6) is -0.320. The van der Waals surface area contributed by atoms with Crippen molar-refractivity contribution in [3.05, 3.63) is 52.9 Å². The maximum Gasteiger partial charge on any atom is 0.346 e. The summed E-state index contributed by atoms with van der Waals surface area (Å²) in [4.78, 5) is 28.3. The Bertz CT molecular complexity index is 908. The molecule has 2 aromatic rings. The number of morpholine rings is 1. The summed E-state index contributed by atoms with van der Waals surface area (Å²) in [6.07, 6.45) is 2.80. The molecule has 0 spiro atoms. The molecule has 2 aliphatic rings. The lowest BCUT2D eigenvalue weighted by Crippen LogP contribution is -2.44. The number of hydrogen-bond donors (Lipinski definition) is 1. The van der Waals surface area contributed by atoms with Gasteiger partial charge in [0.15, 0.2) is 0 Å². The van der Waals surface area contributed by atoms with E-state index in [4.69, 9.17) is 4.74 Å². The number of imide groups is 1. The molecule has 1 N–H and O–H groups in total. The van der Waals surface area contributed by atoms with Crippen molar-refractivity contribution in [1.29, 1.82) is 0 Å². The number of carbonyl (C=O) groups excluding carboxylic acids is 2. The SMILES string of the molecule is C[C@]1(CCc2ccccc2)NC(=O)N(/N=C\c2ccc(N3CCOCC3)s2)C1=O. The third-order valence-electron chi connectivity index (χ3n) is 5.23. The van der Waals surface area contributed by atoms with Crippen molar-refractivity contribution >= 4 is 34.5 Å². The van der Waals surface area contributed by atoms with E-state index in [-0.39, 0.29) is 5.91 Å². The Balaban J connectivity index is 1.40. The molecule has 2 fully saturated rings. The van der Waals surface area contributed by atoms with Crippen LogP contribution in [0.15, 0.2) is 47.6 Å². The number of amides is 3. The van der Waals surface area contributed by atoms with E-state index in [1.807, 2.05) is 42.5 Å². The van der Waals surface area contributed by atoms with Crippen molar-refractivity contribution in [2.75, 3.05) is 31.2 Å². The van der Waals surface area contributed by atoms with Crippen LogP contribution in [0.3, 0.4) is 0 Å². The van der Waals surface area contributed by atoms with E-state index in [2.05, 4.69) is 15.3 Å². The first-order valence-electron chi connectivity index (χ1n) is 9.72. The Morgan fingerprint density at radius 2 is 1.93 bits per heavy atom. The van der Waals surface area contributed by atoms with E-state index in [9.17, 15) is 9.59 Å². The molecule has 3 heterocycles. The predicted octanol–water partition coefficient (Wildman–Crippen LogP) is 2.86. The summed E-state index contributed by atoms with van der Waals surface area (Å²) in [5.41, 5.74) is 0.186. The Morgan fingerprint density at radius 1 is 1.17 bits per heavy atom. The molecule has 8 heteroatoms. The van der Waals surface area contributed by atoms with E-state index in [0.29, 0.717) is 12.8 Å². The summed E-state index contributed by atoms with van der Waals surface area (Å²) in [5, 5.41) is 9.06. The first-order valence-corrected chi connectivity index (χ1v) is 10.5. The van der Waals surface area contributed by atoms with Crippen molar-refractivity contribution in [2.24, 2.45) is 5.10 Å². The number of ether oxygens (including phenoxy) is 1. The predicted molar refractivity (Wildman–Crippen MR) is 113 cm³/mol. The van der Waals surface area contributed by atoms with Gasteiger partial charge >= 0.3 is 6.03 Å². The minimum Gasteiger partial charge on any atom is -0.378 e. The fourth-order valence-electron chi connectivity index (χ4n) is 3.46. The lowest BCUT2D eigenvalue weighted by molar-refractivity contribution is -0.130. The Hall–Kier alpha value is -2.71. The Kier molecular flexibility index (Phi) is 5.64. The lowest BCUT2D eigenvalue weighted by atomic mass is 9.93. The third-order valence-corrected chi connectivity index (χ3v) is 6.31. The van der Waals surface area contributed by atoms with Gasteiger partial charge in [-0.1, -0.05) is 30.3 Å². The highest BCUT2D eigenvalue weighted by Crippen LogP contribution is 2.27. The van der Waals surface area contributed by atoms with Gasteiger partial charge in [-0.25, -0.2) is 4.79 Å². The van der Waals surface area contributed by atoms with E-state index in [0.717, 1.165) is 46.8 Å². The van der Waals surface area contributed by atoms with Gasteiger partial charge < -0.3 is 15.0 Å². The van der Waals surface area contributed by atoms with Crippen molar-refractivity contribution in [3.8, 4) is 0 Å². The van der Waals surface area contributed by atoms with Crippen LogP contribution in [-0.2, 0) is 16.0 Å².